The van der Waals surface area contributed by atoms with Crippen molar-refractivity contribution in [3.05, 3.63) is 65.9 Å². The Morgan fingerprint density at radius 2 is 1.68 bits per heavy atom. The molecule has 7 nitrogen and oxygen atoms in total. The Hall–Kier alpha value is -3.32. The van der Waals surface area contributed by atoms with Gasteiger partial charge in [-0.25, -0.2) is 0 Å². The summed E-state index contributed by atoms with van der Waals surface area (Å²) in [7, 11) is 3.27. The third-order valence-corrected chi connectivity index (χ3v) is 7.72. The van der Waals surface area contributed by atoms with Crippen LogP contribution in [0.25, 0.3) is 10.9 Å². The first-order valence-electron chi connectivity index (χ1n) is 13.8. The molecular weight excluding hydrogens is 478 g/mol. The molecule has 1 heterocycles. The number of nitrogens with zero attached hydrogens (tertiary/aromatic N) is 2. The number of rotatable bonds is 14. The molecule has 0 spiro atoms. The molecule has 0 saturated heterocycles. The van der Waals surface area contributed by atoms with Gasteiger partial charge in [-0.3, -0.25) is 9.59 Å². The molecule has 2 amide bonds. The molecule has 1 aliphatic carbocycles. The lowest BCUT2D eigenvalue weighted by Gasteiger charge is -2.28. The predicted octanol–water partition coefficient (Wildman–Crippen LogP) is 5.19. The highest BCUT2D eigenvalue weighted by atomic mass is 16.5. The number of ether oxygens (including phenoxy) is 2. The van der Waals surface area contributed by atoms with Gasteiger partial charge in [0.25, 0.3) is 0 Å². The Labute approximate surface area is 226 Å². The van der Waals surface area contributed by atoms with Gasteiger partial charge in [-0.1, -0.05) is 62.1 Å². The largest absolute Gasteiger partial charge is 0.496 e. The fraction of sp³-hybridized carbons (Fsp3) is 0.484. The quantitative estimate of drug-likeness (QED) is 0.318. The Kier molecular flexibility index (Phi) is 10.2. The van der Waals surface area contributed by atoms with Crippen LogP contribution in [-0.4, -0.2) is 67.1 Å². The number of hydrogen-bond acceptors (Lipinski definition) is 4. The highest BCUT2D eigenvalue weighted by Gasteiger charge is 2.24. The van der Waals surface area contributed by atoms with Crippen LogP contribution in [0.1, 0.15) is 49.7 Å². The minimum Gasteiger partial charge on any atom is -0.496 e. The maximum absolute atomic E-state index is 13.8. The van der Waals surface area contributed by atoms with E-state index in [0.717, 1.165) is 23.3 Å². The van der Waals surface area contributed by atoms with Crippen molar-refractivity contribution in [1.82, 2.24) is 14.8 Å². The number of nitrogens with one attached hydrogen (secondary N) is 1. The Bertz CT molecular complexity index is 1180. The normalized spacial score (nSPS) is 13.6. The van der Waals surface area contributed by atoms with Gasteiger partial charge in [0.05, 0.1) is 20.3 Å². The zero-order chi connectivity index (χ0) is 26.7. The molecule has 0 aliphatic heterocycles. The highest BCUT2D eigenvalue weighted by molar-refractivity contribution is 5.85. The van der Waals surface area contributed by atoms with Crippen LogP contribution >= 0.6 is 0 Å². The molecule has 0 unspecified atom stereocenters. The third-order valence-electron chi connectivity index (χ3n) is 7.72. The number of H-pyrrole nitrogens is 1. The lowest BCUT2D eigenvalue weighted by Crippen LogP contribution is -2.44. The number of carbonyl (C=O) groups is 2. The van der Waals surface area contributed by atoms with Crippen molar-refractivity contribution >= 4 is 22.7 Å². The molecule has 1 aromatic heterocycles. The van der Waals surface area contributed by atoms with Crippen molar-refractivity contribution in [2.75, 3.05) is 40.5 Å². The van der Waals surface area contributed by atoms with E-state index in [2.05, 4.69) is 17.1 Å². The molecule has 1 aliphatic rings. The molecule has 1 saturated carbocycles. The molecule has 7 heteroatoms. The number of amides is 2. The molecule has 38 heavy (non-hydrogen) atoms. The second-order valence-electron chi connectivity index (χ2n) is 10.2. The van der Waals surface area contributed by atoms with Gasteiger partial charge in [0.2, 0.25) is 11.8 Å². The Morgan fingerprint density at radius 3 is 2.47 bits per heavy atom. The molecule has 1 N–H and O–H groups in total. The number of para-hydroxylation sites is 2. The van der Waals surface area contributed by atoms with Gasteiger partial charge in [-0.05, 0) is 36.5 Å². The number of hydrogen-bond donors (Lipinski definition) is 1. The number of benzene rings is 2. The first-order valence-corrected chi connectivity index (χ1v) is 13.8. The van der Waals surface area contributed by atoms with Crippen molar-refractivity contribution in [2.24, 2.45) is 5.92 Å². The van der Waals surface area contributed by atoms with Gasteiger partial charge in [0, 0.05) is 55.8 Å². The van der Waals surface area contributed by atoms with E-state index in [9.17, 15) is 9.59 Å². The van der Waals surface area contributed by atoms with E-state index in [1.807, 2.05) is 47.5 Å². The van der Waals surface area contributed by atoms with E-state index in [1.54, 1.807) is 19.1 Å². The van der Waals surface area contributed by atoms with E-state index < -0.39 is 0 Å². The van der Waals surface area contributed by atoms with Gasteiger partial charge >= 0.3 is 0 Å². The topological polar surface area (TPSA) is 74.9 Å². The summed E-state index contributed by atoms with van der Waals surface area (Å²) in [6.45, 7) is 1.82. The molecule has 204 valence electrons. The average molecular weight is 520 g/mol. The van der Waals surface area contributed by atoms with Crippen molar-refractivity contribution < 1.29 is 19.1 Å². The van der Waals surface area contributed by atoms with Gasteiger partial charge in [-0.2, -0.15) is 0 Å². The smallest absolute Gasteiger partial charge is 0.242 e. The molecule has 1 fully saturated rings. The summed E-state index contributed by atoms with van der Waals surface area (Å²) in [5.41, 5.74) is 3.20. The van der Waals surface area contributed by atoms with Crippen molar-refractivity contribution in [3.8, 4) is 5.75 Å². The van der Waals surface area contributed by atoms with Gasteiger partial charge < -0.3 is 24.3 Å². The monoisotopic (exact) mass is 519 g/mol. The molecule has 2 aromatic carbocycles. The lowest BCUT2D eigenvalue weighted by molar-refractivity contribution is -0.141. The van der Waals surface area contributed by atoms with Crippen LogP contribution in [0, 0.1) is 5.92 Å². The van der Waals surface area contributed by atoms with Crippen LogP contribution in [-0.2, 0) is 27.3 Å². The second kappa shape index (κ2) is 14.0. The average Bonchev–Trinajstić information content (AvgIpc) is 3.62. The van der Waals surface area contributed by atoms with E-state index in [4.69, 9.17) is 9.47 Å². The van der Waals surface area contributed by atoms with Crippen LogP contribution in [0.3, 0.4) is 0 Å². The first kappa shape index (κ1) is 27.7. The summed E-state index contributed by atoms with van der Waals surface area (Å²) < 4.78 is 10.8. The molecule has 0 atom stereocenters. The maximum atomic E-state index is 13.8. The highest BCUT2D eigenvalue weighted by Crippen LogP contribution is 2.29. The standard InChI is InChI=1S/C31H41N3O4/c1-37-20-19-34(30(35)16-15-24-9-3-4-10-24)23-31(36)33(22-26-11-5-8-14-29(26)38-2)18-17-25-21-32-28-13-7-6-12-27(25)28/h5-8,11-14,21,24,32H,3-4,9-10,15-20,22-23H2,1-2H3. The number of fused-ring (bicyclic) bond motifs is 1. The summed E-state index contributed by atoms with van der Waals surface area (Å²) in [6, 6.07) is 16.0. The van der Waals surface area contributed by atoms with Crippen molar-refractivity contribution in [3.63, 3.8) is 0 Å². The zero-order valence-electron chi connectivity index (χ0n) is 22.8. The van der Waals surface area contributed by atoms with Gasteiger partial charge in [-0.15, -0.1) is 0 Å². The summed E-state index contributed by atoms with van der Waals surface area (Å²) >= 11 is 0. The lowest BCUT2D eigenvalue weighted by atomic mass is 10.0. The zero-order valence-corrected chi connectivity index (χ0v) is 22.8. The van der Waals surface area contributed by atoms with E-state index in [-0.39, 0.29) is 18.4 Å². The van der Waals surface area contributed by atoms with Crippen LogP contribution in [0.5, 0.6) is 5.75 Å². The van der Waals surface area contributed by atoms with E-state index in [1.165, 1.54) is 36.6 Å². The van der Waals surface area contributed by atoms with E-state index >= 15 is 0 Å². The molecule has 0 bridgehead atoms. The number of carbonyl (C=O) groups excluding carboxylic acids is 2. The van der Waals surface area contributed by atoms with Crippen molar-refractivity contribution in [2.45, 2.75) is 51.5 Å². The molecule has 0 radical (unpaired) electrons. The van der Waals surface area contributed by atoms with Gasteiger partial charge in [0.15, 0.2) is 0 Å². The summed E-state index contributed by atoms with van der Waals surface area (Å²) in [4.78, 5) is 33.8. The van der Waals surface area contributed by atoms with Crippen LogP contribution in [0.15, 0.2) is 54.7 Å². The maximum Gasteiger partial charge on any atom is 0.242 e. The minimum absolute atomic E-state index is 0.0381. The van der Waals surface area contributed by atoms with Gasteiger partial charge in [0.1, 0.15) is 5.75 Å². The fourth-order valence-electron chi connectivity index (χ4n) is 5.47. The van der Waals surface area contributed by atoms with E-state index in [0.29, 0.717) is 45.0 Å². The number of aromatic nitrogens is 1. The number of methoxy groups -OCH3 is 2. The van der Waals surface area contributed by atoms with Crippen molar-refractivity contribution in [1.29, 1.82) is 0 Å². The predicted molar refractivity (Wildman–Crippen MR) is 150 cm³/mol. The second-order valence-corrected chi connectivity index (χ2v) is 10.2. The Balaban J connectivity index is 1.48. The number of aromatic amines is 1. The minimum atomic E-state index is -0.0685. The molecule has 3 aromatic rings. The first-order chi connectivity index (χ1) is 18.6. The SMILES string of the molecule is COCCN(CC(=O)N(CCc1c[nH]c2ccccc12)Cc1ccccc1OC)C(=O)CCC1CCCC1. The summed E-state index contributed by atoms with van der Waals surface area (Å²) in [5, 5.41) is 1.17. The summed E-state index contributed by atoms with van der Waals surface area (Å²) in [5.74, 6) is 1.36. The summed E-state index contributed by atoms with van der Waals surface area (Å²) in [6.07, 6.45) is 9.08. The van der Waals surface area contributed by atoms with Crippen LogP contribution in [0.2, 0.25) is 0 Å². The van der Waals surface area contributed by atoms with Crippen LogP contribution in [0.4, 0.5) is 0 Å². The Morgan fingerprint density at radius 1 is 0.921 bits per heavy atom. The molecular formula is C31H41N3O4. The fourth-order valence-corrected chi connectivity index (χ4v) is 5.47. The molecule has 4 rings (SSSR count). The van der Waals surface area contributed by atoms with Crippen LogP contribution < -0.4 is 4.74 Å². The third kappa shape index (κ3) is 7.38.